The van der Waals surface area contributed by atoms with Crippen LogP contribution in [0.5, 0.6) is 11.5 Å². The van der Waals surface area contributed by atoms with E-state index in [9.17, 15) is 9.50 Å². The fraction of sp³-hybridized carbons (Fsp3) is 0.421. The Labute approximate surface area is 151 Å². The Morgan fingerprint density at radius 2 is 1.84 bits per heavy atom. The summed E-state index contributed by atoms with van der Waals surface area (Å²) in [7, 11) is 0. The third-order valence-electron chi connectivity index (χ3n) is 5.04. The van der Waals surface area contributed by atoms with Crippen molar-refractivity contribution >= 4 is 11.8 Å². The molecule has 1 saturated carbocycles. The second-order valence-electron chi connectivity index (χ2n) is 6.85. The maximum atomic E-state index is 12.9. The highest BCUT2D eigenvalue weighted by Gasteiger charge is 2.41. The Morgan fingerprint density at radius 3 is 2.48 bits per heavy atom. The van der Waals surface area contributed by atoms with E-state index in [1.807, 2.05) is 23.9 Å². The van der Waals surface area contributed by atoms with Gasteiger partial charge in [-0.05, 0) is 61.1 Å². The molecule has 0 bridgehead atoms. The lowest BCUT2D eigenvalue weighted by Crippen LogP contribution is -2.24. The number of ether oxygens (including phenoxy) is 1. The van der Waals surface area contributed by atoms with Gasteiger partial charge in [-0.2, -0.15) is 4.39 Å². The molecule has 2 fully saturated rings. The zero-order valence-electron chi connectivity index (χ0n) is 13.8. The van der Waals surface area contributed by atoms with Crippen molar-refractivity contribution in [2.45, 2.75) is 23.8 Å². The Hall–Kier alpha value is -1.79. The summed E-state index contributed by atoms with van der Waals surface area (Å²) in [6.07, 6.45) is 3.80. The summed E-state index contributed by atoms with van der Waals surface area (Å²) in [5, 5.41) is 9.34. The predicted molar refractivity (Wildman–Crippen MR) is 95.2 cm³/mol. The summed E-state index contributed by atoms with van der Waals surface area (Å²) in [5.41, 5.74) is 0. The number of nitrogens with zero attached hydrogens (tertiary/aromatic N) is 2. The Morgan fingerprint density at radius 1 is 1.12 bits per heavy atom. The van der Waals surface area contributed by atoms with E-state index >= 15 is 0 Å². The van der Waals surface area contributed by atoms with Crippen LogP contribution in [-0.2, 0) is 0 Å². The SMILES string of the molecule is Oc1ccc(SCN2C[C@H]3CC(Oc4ccc(F)nc4)C[C@H]3C2)cc1. The first kappa shape index (κ1) is 16.7. The minimum absolute atomic E-state index is 0.217. The van der Waals surface area contributed by atoms with Gasteiger partial charge in [-0.3, -0.25) is 4.90 Å². The highest BCUT2D eigenvalue weighted by atomic mass is 32.2. The molecule has 132 valence electrons. The molecule has 1 aliphatic heterocycles. The number of rotatable bonds is 5. The second kappa shape index (κ2) is 7.22. The van der Waals surface area contributed by atoms with Crippen LogP contribution in [-0.4, -0.2) is 40.1 Å². The van der Waals surface area contributed by atoms with Crippen molar-refractivity contribution in [3.63, 3.8) is 0 Å². The van der Waals surface area contributed by atoms with Crippen LogP contribution in [0.25, 0.3) is 0 Å². The molecule has 0 amide bonds. The number of pyridine rings is 1. The van der Waals surface area contributed by atoms with E-state index < -0.39 is 5.95 Å². The van der Waals surface area contributed by atoms with Crippen molar-refractivity contribution in [2.75, 3.05) is 19.0 Å². The lowest BCUT2D eigenvalue weighted by Gasteiger charge is -2.19. The number of hydrogen-bond donors (Lipinski definition) is 1. The largest absolute Gasteiger partial charge is 0.508 e. The molecule has 4 rings (SSSR count). The van der Waals surface area contributed by atoms with Crippen molar-refractivity contribution in [1.82, 2.24) is 9.88 Å². The smallest absolute Gasteiger partial charge is 0.213 e. The third-order valence-corrected chi connectivity index (χ3v) is 6.14. The highest BCUT2D eigenvalue weighted by Crippen LogP contribution is 2.40. The average Bonchev–Trinajstić information content (AvgIpc) is 3.14. The predicted octanol–water partition coefficient (Wildman–Crippen LogP) is 3.77. The van der Waals surface area contributed by atoms with Gasteiger partial charge in [0.2, 0.25) is 5.95 Å². The molecule has 1 aromatic carbocycles. The number of phenolic OH excluding ortho intramolecular Hbond substituents is 1. The molecular formula is C19H21FN2O2S. The minimum atomic E-state index is -0.475. The number of benzene rings is 1. The van der Waals surface area contributed by atoms with Crippen molar-refractivity contribution in [1.29, 1.82) is 0 Å². The van der Waals surface area contributed by atoms with E-state index in [0.717, 1.165) is 31.8 Å². The lowest BCUT2D eigenvalue weighted by molar-refractivity contribution is 0.188. The zero-order valence-corrected chi connectivity index (χ0v) is 14.7. The van der Waals surface area contributed by atoms with Crippen LogP contribution >= 0.6 is 11.8 Å². The number of hydrogen-bond acceptors (Lipinski definition) is 5. The molecule has 4 nitrogen and oxygen atoms in total. The van der Waals surface area contributed by atoms with Gasteiger partial charge >= 0.3 is 0 Å². The number of phenols is 1. The first-order chi connectivity index (χ1) is 12.2. The van der Waals surface area contributed by atoms with Gasteiger partial charge < -0.3 is 9.84 Å². The molecule has 0 spiro atoms. The minimum Gasteiger partial charge on any atom is -0.508 e. The quantitative estimate of drug-likeness (QED) is 0.650. The molecule has 25 heavy (non-hydrogen) atoms. The topological polar surface area (TPSA) is 45.6 Å². The van der Waals surface area contributed by atoms with E-state index in [4.69, 9.17) is 4.74 Å². The van der Waals surface area contributed by atoms with Crippen LogP contribution in [0.4, 0.5) is 4.39 Å². The molecular weight excluding hydrogens is 339 g/mol. The maximum absolute atomic E-state index is 12.9. The number of thioether (sulfide) groups is 1. The van der Waals surface area contributed by atoms with Gasteiger partial charge in [0.25, 0.3) is 0 Å². The van der Waals surface area contributed by atoms with Crippen LogP contribution in [0.3, 0.4) is 0 Å². The fourth-order valence-electron chi connectivity index (χ4n) is 3.88. The fourth-order valence-corrected chi connectivity index (χ4v) is 4.75. The normalized spacial score (nSPS) is 25.9. The average molecular weight is 360 g/mol. The van der Waals surface area contributed by atoms with Crippen molar-refractivity contribution in [2.24, 2.45) is 11.8 Å². The first-order valence-corrected chi connectivity index (χ1v) is 9.56. The van der Waals surface area contributed by atoms with E-state index in [1.165, 1.54) is 17.2 Å². The van der Waals surface area contributed by atoms with Crippen molar-refractivity contribution in [3.8, 4) is 11.5 Å². The van der Waals surface area contributed by atoms with Crippen molar-refractivity contribution in [3.05, 3.63) is 48.5 Å². The number of aromatic nitrogens is 1. The standard InChI is InChI=1S/C19H21FN2O2S/c20-19-6-3-16(9-21-19)24-17-7-13-10-22(11-14(13)8-17)12-25-18-4-1-15(23)2-5-18/h1-6,9,13-14,17,23H,7-8,10-12H2/t13-,14+,17?. The molecule has 0 radical (unpaired) electrons. The number of halogens is 1. The summed E-state index contributed by atoms with van der Waals surface area (Å²) >= 11 is 1.81. The van der Waals surface area contributed by atoms with Crippen LogP contribution in [0.15, 0.2) is 47.5 Å². The third kappa shape index (κ3) is 4.07. The van der Waals surface area contributed by atoms with Gasteiger partial charge in [-0.25, -0.2) is 4.98 Å². The van der Waals surface area contributed by atoms with Gasteiger partial charge in [0.15, 0.2) is 0 Å². The lowest BCUT2D eigenvalue weighted by atomic mass is 10.0. The molecule has 2 aromatic rings. The van der Waals surface area contributed by atoms with Crippen LogP contribution in [0.1, 0.15) is 12.8 Å². The Balaban J connectivity index is 1.24. The van der Waals surface area contributed by atoms with Crippen LogP contribution < -0.4 is 4.74 Å². The summed E-state index contributed by atoms with van der Waals surface area (Å²) in [6.45, 7) is 2.22. The van der Waals surface area contributed by atoms with Gasteiger partial charge in [0, 0.05) is 23.9 Å². The second-order valence-corrected chi connectivity index (χ2v) is 7.87. The summed E-state index contributed by atoms with van der Waals surface area (Å²) < 4.78 is 18.8. The molecule has 1 saturated heterocycles. The molecule has 2 aliphatic rings. The van der Waals surface area contributed by atoms with Crippen LogP contribution in [0, 0.1) is 17.8 Å². The number of aromatic hydroxyl groups is 1. The van der Waals surface area contributed by atoms with Gasteiger partial charge in [0.05, 0.1) is 12.3 Å². The van der Waals surface area contributed by atoms with Gasteiger partial charge in [0.1, 0.15) is 11.5 Å². The van der Waals surface area contributed by atoms with E-state index in [2.05, 4.69) is 9.88 Å². The Kier molecular flexibility index (Phi) is 4.81. The molecule has 1 N–H and O–H groups in total. The summed E-state index contributed by atoms with van der Waals surface area (Å²) in [5.74, 6) is 2.83. The van der Waals surface area contributed by atoms with E-state index in [0.29, 0.717) is 23.3 Å². The molecule has 3 atom stereocenters. The molecule has 2 heterocycles. The first-order valence-electron chi connectivity index (χ1n) is 8.58. The Bertz CT molecular complexity index is 696. The van der Waals surface area contributed by atoms with E-state index in [-0.39, 0.29) is 6.10 Å². The van der Waals surface area contributed by atoms with Gasteiger partial charge in [-0.15, -0.1) is 11.8 Å². The highest BCUT2D eigenvalue weighted by molar-refractivity contribution is 7.99. The number of fused-ring (bicyclic) bond motifs is 1. The number of likely N-dealkylation sites (tertiary alicyclic amines) is 1. The molecule has 1 unspecified atom stereocenters. The molecule has 1 aliphatic carbocycles. The maximum Gasteiger partial charge on any atom is 0.213 e. The van der Waals surface area contributed by atoms with E-state index in [1.54, 1.807) is 18.2 Å². The molecule has 1 aromatic heterocycles. The van der Waals surface area contributed by atoms with Crippen LogP contribution in [0.2, 0.25) is 0 Å². The zero-order chi connectivity index (χ0) is 17.2. The van der Waals surface area contributed by atoms with Gasteiger partial charge in [-0.1, -0.05) is 0 Å². The summed E-state index contributed by atoms with van der Waals surface area (Å²) in [4.78, 5) is 7.33. The molecule has 6 heteroatoms. The monoisotopic (exact) mass is 360 g/mol. The summed E-state index contributed by atoms with van der Waals surface area (Å²) in [6, 6.07) is 10.4. The van der Waals surface area contributed by atoms with Crippen molar-refractivity contribution < 1.29 is 14.2 Å².